The highest BCUT2D eigenvalue weighted by atomic mass is 16.5. The molecule has 35 heavy (non-hydrogen) atoms. The number of ether oxygens (including phenoxy) is 1. The molecule has 1 fully saturated rings. The summed E-state index contributed by atoms with van der Waals surface area (Å²) in [4.78, 5) is 4.70. The van der Waals surface area contributed by atoms with E-state index < -0.39 is 0 Å². The molecule has 0 aliphatic heterocycles. The number of hydrogen-bond donors (Lipinski definition) is 0. The van der Waals surface area contributed by atoms with Gasteiger partial charge in [-0.2, -0.15) is 0 Å². The minimum absolute atomic E-state index is 0.732. The molecule has 2 heterocycles. The molecule has 0 N–H and O–H groups in total. The van der Waals surface area contributed by atoms with Gasteiger partial charge in [0.1, 0.15) is 11.4 Å². The van der Waals surface area contributed by atoms with Crippen molar-refractivity contribution in [1.82, 2.24) is 9.38 Å². The Morgan fingerprint density at radius 2 is 1.71 bits per heavy atom. The molecule has 1 aliphatic carbocycles. The van der Waals surface area contributed by atoms with E-state index in [1.54, 1.807) is 7.11 Å². The van der Waals surface area contributed by atoms with Crippen molar-refractivity contribution in [2.24, 2.45) is 11.8 Å². The maximum atomic E-state index is 5.43. The maximum Gasteiger partial charge on any atom is 0.140 e. The monoisotopic (exact) mass is 466 g/mol. The molecule has 0 radical (unpaired) electrons. The van der Waals surface area contributed by atoms with Crippen molar-refractivity contribution in [3.8, 4) is 17.0 Å². The Morgan fingerprint density at radius 3 is 2.43 bits per heavy atom. The second-order valence-electron chi connectivity index (χ2n) is 10.2. The average Bonchev–Trinajstić information content (AvgIpc) is 3.41. The van der Waals surface area contributed by atoms with Crippen LogP contribution in [-0.4, -0.2) is 16.5 Å². The molecule has 1 saturated carbocycles. The van der Waals surface area contributed by atoms with E-state index in [4.69, 9.17) is 9.72 Å². The first-order valence-electron chi connectivity index (χ1n) is 13.4. The van der Waals surface area contributed by atoms with Crippen molar-refractivity contribution < 1.29 is 4.74 Å². The van der Waals surface area contributed by atoms with Crippen LogP contribution in [0.15, 0.2) is 73.1 Å². The molecular formula is C32H38N2O. The lowest BCUT2D eigenvalue weighted by molar-refractivity contribution is 0.221. The Labute approximate surface area is 210 Å². The van der Waals surface area contributed by atoms with E-state index in [2.05, 4.69) is 73.0 Å². The van der Waals surface area contributed by atoms with Crippen LogP contribution in [0.4, 0.5) is 0 Å². The van der Waals surface area contributed by atoms with Crippen LogP contribution >= 0.6 is 0 Å². The number of hydrogen-bond acceptors (Lipinski definition) is 2. The average molecular weight is 467 g/mol. The minimum Gasteiger partial charge on any atom is -0.497 e. The Bertz CT molecular complexity index is 1240. The molecule has 0 unspecified atom stereocenters. The smallest absolute Gasteiger partial charge is 0.140 e. The van der Waals surface area contributed by atoms with Gasteiger partial charge in [0.05, 0.1) is 12.8 Å². The van der Waals surface area contributed by atoms with Crippen molar-refractivity contribution in [2.45, 2.75) is 64.7 Å². The van der Waals surface area contributed by atoms with Gasteiger partial charge in [-0.25, -0.2) is 4.98 Å². The normalized spacial score (nSPS) is 18.3. The van der Waals surface area contributed by atoms with Gasteiger partial charge in [0.2, 0.25) is 0 Å². The fourth-order valence-corrected chi connectivity index (χ4v) is 6.23. The van der Waals surface area contributed by atoms with E-state index in [-0.39, 0.29) is 0 Å². The van der Waals surface area contributed by atoms with Crippen LogP contribution in [0, 0.1) is 11.8 Å². The quantitative estimate of drug-likeness (QED) is 0.261. The Balaban J connectivity index is 1.30. The van der Waals surface area contributed by atoms with Gasteiger partial charge in [0, 0.05) is 24.4 Å². The third-order valence-electron chi connectivity index (χ3n) is 8.33. The van der Waals surface area contributed by atoms with Crippen molar-refractivity contribution in [3.63, 3.8) is 0 Å². The van der Waals surface area contributed by atoms with E-state index in [0.717, 1.165) is 46.8 Å². The summed E-state index contributed by atoms with van der Waals surface area (Å²) in [7, 11) is 1.71. The SMILES string of the molecule is CCC(CC)C1CCC(c2ccc(Cc3ccc(-c4cccc(OC)c4)n4ccnc34)cc2)CC1. The first-order chi connectivity index (χ1) is 17.2. The number of aromatic nitrogens is 2. The summed E-state index contributed by atoms with van der Waals surface area (Å²) in [5.41, 5.74) is 7.39. The summed E-state index contributed by atoms with van der Waals surface area (Å²) < 4.78 is 7.62. The van der Waals surface area contributed by atoms with E-state index in [1.165, 1.54) is 55.2 Å². The van der Waals surface area contributed by atoms with Gasteiger partial charge in [0.15, 0.2) is 0 Å². The van der Waals surface area contributed by atoms with Crippen molar-refractivity contribution in [3.05, 3.63) is 89.7 Å². The van der Waals surface area contributed by atoms with Gasteiger partial charge in [-0.1, -0.05) is 69.2 Å². The Morgan fingerprint density at radius 1 is 0.943 bits per heavy atom. The van der Waals surface area contributed by atoms with Crippen LogP contribution in [0.3, 0.4) is 0 Å². The molecule has 182 valence electrons. The largest absolute Gasteiger partial charge is 0.497 e. The summed E-state index contributed by atoms with van der Waals surface area (Å²) in [5.74, 6) is 3.46. The number of imidazole rings is 1. The number of rotatable bonds is 8. The van der Waals surface area contributed by atoms with Crippen molar-refractivity contribution in [1.29, 1.82) is 0 Å². The molecule has 0 saturated heterocycles. The first-order valence-corrected chi connectivity index (χ1v) is 13.4. The second kappa shape index (κ2) is 10.7. The van der Waals surface area contributed by atoms with Gasteiger partial charge in [-0.3, -0.25) is 4.40 Å². The predicted molar refractivity (Wildman–Crippen MR) is 145 cm³/mol. The highest BCUT2D eigenvalue weighted by Crippen LogP contribution is 2.40. The molecule has 3 heteroatoms. The third-order valence-corrected chi connectivity index (χ3v) is 8.33. The molecule has 0 amide bonds. The Kier molecular flexibility index (Phi) is 7.22. The molecule has 2 aromatic heterocycles. The van der Waals surface area contributed by atoms with Gasteiger partial charge in [-0.05, 0) is 78.3 Å². The summed E-state index contributed by atoms with van der Waals surface area (Å²) in [6.45, 7) is 4.73. The highest BCUT2D eigenvalue weighted by Gasteiger charge is 2.26. The van der Waals surface area contributed by atoms with Gasteiger partial charge < -0.3 is 4.74 Å². The van der Waals surface area contributed by atoms with E-state index in [0.29, 0.717) is 0 Å². The molecule has 0 spiro atoms. The molecule has 0 bridgehead atoms. The third kappa shape index (κ3) is 5.00. The lowest BCUT2D eigenvalue weighted by Gasteiger charge is -2.33. The van der Waals surface area contributed by atoms with Gasteiger partial charge in [0.25, 0.3) is 0 Å². The van der Waals surface area contributed by atoms with Crippen LogP contribution in [0.5, 0.6) is 5.75 Å². The molecule has 1 aliphatic rings. The summed E-state index contributed by atoms with van der Waals surface area (Å²) in [5, 5.41) is 0. The number of benzene rings is 2. The van der Waals surface area contributed by atoms with E-state index in [1.807, 2.05) is 18.3 Å². The first kappa shape index (κ1) is 23.7. The lowest BCUT2D eigenvalue weighted by Crippen LogP contribution is -2.20. The molecule has 5 rings (SSSR count). The van der Waals surface area contributed by atoms with E-state index in [9.17, 15) is 0 Å². The molecule has 0 atom stereocenters. The van der Waals surface area contributed by atoms with E-state index >= 15 is 0 Å². The number of pyridine rings is 1. The van der Waals surface area contributed by atoms with Crippen molar-refractivity contribution in [2.75, 3.05) is 7.11 Å². The fraction of sp³-hybridized carbons (Fsp3) is 0.406. The van der Waals surface area contributed by atoms with Gasteiger partial charge >= 0.3 is 0 Å². The fourth-order valence-electron chi connectivity index (χ4n) is 6.23. The van der Waals surface area contributed by atoms with Crippen LogP contribution in [0.1, 0.15) is 75.0 Å². The minimum atomic E-state index is 0.732. The summed E-state index contributed by atoms with van der Waals surface area (Å²) >= 11 is 0. The second-order valence-corrected chi connectivity index (χ2v) is 10.2. The standard InChI is InChI=1S/C32H38N2O/c1-4-24(5-2)25-13-15-27(16-14-25)26-11-9-23(10-12-26)21-29-17-18-31(34-20-19-33-32(29)34)28-7-6-8-30(22-28)35-3/h6-12,17-20,22,24-25,27H,4-5,13-16,21H2,1-3H3. The predicted octanol–water partition coefficient (Wildman–Crippen LogP) is 8.31. The maximum absolute atomic E-state index is 5.43. The van der Waals surface area contributed by atoms with Crippen molar-refractivity contribution >= 4 is 5.65 Å². The lowest BCUT2D eigenvalue weighted by atomic mass is 9.72. The van der Waals surface area contributed by atoms with Crippen LogP contribution < -0.4 is 4.74 Å². The van der Waals surface area contributed by atoms with Gasteiger partial charge in [-0.15, -0.1) is 0 Å². The number of fused-ring (bicyclic) bond motifs is 1. The molecular weight excluding hydrogens is 428 g/mol. The summed E-state index contributed by atoms with van der Waals surface area (Å²) in [6, 6.07) is 22.1. The highest BCUT2D eigenvalue weighted by molar-refractivity contribution is 5.67. The number of nitrogens with zero attached hydrogens (tertiary/aromatic N) is 2. The van der Waals surface area contributed by atoms with Crippen LogP contribution in [0.25, 0.3) is 16.9 Å². The zero-order valence-electron chi connectivity index (χ0n) is 21.4. The summed E-state index contributed by atoms with van der Waals surface area (Å²) in [6.07, 6.45) is 13.0. The Hall–Kier alpha value is -3.07. The van der Waals surface area contributed by atoms with Crippen LogP contribution in [-0.2, 0) is 6.42 Å². The molecule has 2 aromatic carbocycles. The zero-order chi connectivity index (χ0) is 24.2. The molecule has 3 nitrogen and oxygen atoms in total. The van der Waals surface area contributed by atoms with Crippen LogP contribution in [0.2, 0.25) is 0 Å². The molecule has 4 aromatic rings. The number of methoxy groups -OCH3 is 1. The zero-order valence-corrected chi connectivity index (χ0v) is 21.4. The topological polar surface area (TPSA) is 26.5 Å².